The summed E-state index contributed by atoms with van der Waals surface area (Å²) in [4.78, 5) is 13.3. The second-order valence-electron chi connectivity index (χ2n) is 5.42. The zero-order valence-corrected chi connectivity index (χ0v) is 15.8. The van der Waals surface area contributed by atoms with E-state index < -0.39 is 11.8 Å². The fourth-order valence-corrected chi connectivity index (χ4v) is 2.39. The molecule has 0 unspecified atom stereocenters. The van der Waals surface area contributed by atoms with Gasteiger partial charge in [0.25, 0.3) is 0 Å². The summed E-state index contributed by atoms with van der Waals surface area (Å²) in [7, 11) is 1.83. The number of esters is 1. The number of rotatable bonds is 7. The molecule has 0 saturated carbocycles. The van der Waals surface area contributed by atoms with Crippen molar-refractivity contribution in [2.75, 3.05) is 25.1 Å². The summed E-state index contributed by atoms with van der Waals surface area (Å²) in [5.74, 6) is -1.05. The highest BCUT2D eigenvalue weighted by Gasteiger charge is 2.08. The van der Waals surface area contributed by atoms with Crippen molar-refractivity contribution in [2.24, 2.45) is 10.2 Å². The second kappa shape index (κ2) is 9.86. The Kier molecular flexibility index (Phi) is 7.53. The molecular formula is C18H15Cl2FN4O2. The van der Waals surface area contributed by atoms with Crippen LogP contribution in [0.4, 0.5) is 21.5 Å². The van der Waals surface area contributed by atoms with Crippen LogP contribution in [0.2, 0.25) is 10.0 Å². The zero-order chi connectivity index (χ0) is 19.8. The maximum Gasteiger partial charge on any atom is 0.308 e. The number of hydrogen-bond acceptors (Lipinski definition) is 6. The van der Waals surface area contributed by atoms with Crippen LogP contribution in [0.25, 0.3) is 0 Å². The van der Waals surface area contributed by atoms with Crippen molar-refractivity contribution in [3.63, 3.8) is 0 Å². The van der Waals surface area contributed by atoms with Crippen LogP contribution in [0.3, 0.4) is 0 Å². The molecule has 0 bridgehead atoms. The lowest BCUT2D eigenvalue weighted by atomic mass is 10.2. The van der Waals surface area contributed by atoms with Crippen molar-refractivity contribution >= 4 is 46.2 Å². The predicted octanol–water partition coefficient (Wildman–Crippen LogP) is 5.44. The van der Waals surface area contributed by atoms with Crippen LogP contribution in [-0.4, -0.2) is 26.2 Å². The topological polar surface area (TPSA) is 78.0 Å². The Hall–Kier alpha value is -2.69. The summed E-state index contributed by atoms with van der Waals surface area (Å²) in [6.45, 7) is 0.195. The molecular weight excluding hydrogens is 394 g/mol. The van der Waals surface area contributed by atoms with Crippen LogP contribution in [0, 0.1) is 17.1 Å². The van der Waals surface area contributed by atoms with Gasteiger partial charge in [-0.2, -0.15) is 10.4 Å². The van der Waals surface area contributed by atoms with Gasteiger partial charge in [-0.3, -0.25) is 4.79 Å². The van der Waals surface area contributed by atoms with Crippen LogP contribution in [-0.2, 0) is 9.53 Å². The molecule has 0 saturated heterocycles. The Morgan fingerprint density at radius 3 is 2.59 bits per heavy atom. The number of carbonyl (C=O) groups is 1. The molecule has 0 fully saturated rings. The lowest BCUT2D eigenvalue weighted by Gasteiger charge is -2.18. The first-order valence-electron chi connectivity index (χ1n) is 7.80. The van der Waals surface area contributed by atoms with Crippen LogP contribution in [0.1, 0.15) is 6.42 Å². The monoisotopic (exact) mass is 408 g/mol. The minimum atomic E-state index is -0.621. The van der Waals surface area contributed by atoms with E-state index >= 15 is 0 Å². The number of nitrogens with zero attached hydrogens (tertiary/aromatic N) is 4. The van der Waals surface area contributed by atoms with Gasteiger partial charge in [-0.25, -0.2) is 4.39 Å². The Labute approximate surface area is 165 Å². The van der Waals surface area contributed by atoms with Crippen molar-refractivity contribution in [1.82, 2.24) is 0 Å². The molecule has 0 aliphatic rings. The average molecular weight is 409 g/mol. The third-order valence-corrected chi connectivity index (χ3v) is 4.09. The summed E-state index contributed by atoms with van der Waals surface area (Å²) in [5.41, 5.74) is 1.70. The van der Waals surface area contributed by atoms with Crippen molar-refractivity contribution in [1.29, 1.82) is 5.26 Å². The molecule has 0 aliphatic carbocycles. The van der Waals surface area contributed by atoms with Gasteiger partial charge in [-0.1, -0.05) is 23.2 Å². The highest BCUT2D eigenvalue weighted by molar-refractivity contribution is 6.35. The van der Waals surface area contributed by atoms with E-state index in [2.05, 4.69) is 10.2 Å². The Morgan fingerprint density at radius 2 is 1.93 bits per heavy atom. The lowest BCUT2D eigenvalue weighted by molar-refractivity contribution is -0.141. The van der Waals surface area contributed by atoms with Gasteiger partial charge in [0.15, 0.2) is 6.61 Å². The van der Waals surface area contributed by atoms with Gasteiger partial charge in [0.2, 0.25) is 0 Å². The lowest BCUT2D eigenvalue weighted by Crippen LogP contribution is -2.21. The van der Waals surface area contributed by atoms with E-state index in [-0.39, 0.29) is 28.8 Å². The van der Waals surface area contributed by atoms with Crippen molar-refractivity contribution in [3.8, 4) is 6.07 Å². The van der Waals surface area contributed by atoms with Gasteiger partial charge in [0.1, 0.15) is 17.6 Å². The summed E-state index contributed by atoms with van der Waals surface area (Å²) < 4.78 is 18.0. The van der Waals surface area contributed by atoms with E-state index in [9.17, 15) is 9.18 Å². The molecule has 9 heteroatoms. The standard InChI is InChI=1S/C18H15Cl2FN4O2/c1-25(8-6-18(26)27-9-7-22)13-4-2-12(3-5-13)23-24-17-11-14(19)16(21)10-15(17)20/h2-5,10-11H,6,8-9H2,1H3. The summed E-state index contributed by atoms with van der Waals surface area (Å²) in [6.07, 6.45) is 0.170. The largest absolute Gasteiger partial charge is 0.450 e. The minimum Gasteiger partial charge on any atom is -0.450 e. The Balaban J connectivity index is 1.97. The van der Waals surface area contributed by atoms with Crippen molar-refractivity contribution in [2.45, 2.75) is 6.42 Å². The van der Waals surface area contributed by atoms with E-state index in [1.54, 1.807) is 18.2 Å². The number of hydrogen-bond donors (Lipinski definition) is 0. The summed E-state index contributed by atoms with van der Waals surface area (Å²) in [6, 6.07) is 11.2. The van der Waals surface area contributed by atoms with E-state index in [1.165, 1.54) is 6.07 Å². The molecule has 0 heterocycles. The van der Waals surface area contributed by atoms with Gasteiger partial charge in [0.05, 0.1) is 22.2 Å². The molecule has 0 atom stereocenters. The van der Waals surface area contributed by atoms with Crippen LogP contribution in [0.5, 0.6) is 0 Å². The van der Waals surface area contributed by atoms with Gasteiger partial charge in [-0.05, 0) is 36.4 Å². The second-order valence-corrected chi connectivity index (χ2v) is 6.24. The number of azo groups is 1. The maximum atomic E-state index is 13.3. The van der Waals surface area contributed by atoms with Gasteiger partial charge < -0.3 is 9.64 Å². The fourth-order valence-electron chi connectivity index (χ4n) is 2.05. The van der Waals surface area contributed by atoms with Crippen LogP contribution >= 0.6 is 23.2 Å². The van der Waals surface area contributed by atoms with Gasteiger partial charge in [0, 0.05) is 19.3 Å². The van der Waals surface area contributed by atoms with E-state index in [1.807, 2.05) is 24.1 Å². The predicted molar refractivity (Wildman–Crippen MR) is 101 cm³/mol. The summed E-state index contributed by atoms with van der Waals surface area (Å²) in [5, 5.41) is 16.4. The van der Waals surface area contributed by atoms with E-state index in [0.717, 1.165) is 11.8 Å². The highest BCUT2D eigenvalue weighted by atomic mass is 35.5. The van der Waals surface area contributed by atoms with E-state index in [0.29, 0.717) is 12.2 Å². The van der Waals surface area contributed by atoms with Crippen molar-refractivity contribution in [3.05, 3.63) is 52.3 Å². The molecule has 140 valence electrons. The van der Waals surface area contributed by atoms with Crippen LogP contribution < -0.4 is 4.90 Å². The molecule has 0 amide bonds. The molecule has 6 nitrogen and oxygen atoms in total. The number of nitriles is 1. The Bertz CT molecular complexity index is 882. The Morgan fingerprint density at radius 1 is 1.22 bits per heavy atom. The quantitative estimate of drug-likeness (QED) is 0.347. The van der Waals surface area contributed by atoms with Crippen LogP contribution in [0.15, 0.2) is 46.6 Å². The third-order valence-electron chi connectivity index (χ3n) is 3.50. The summed E-state index contributed by atoms with van der Waals surface area (Å²) >= 11 is 11.6. The highest BCUT2D eigenvalue weighted by Crippen LogP contribution is 2.32. The van der Waals surface area contributed by atoms with Crippen molar-refractivity contribution < 1.29 is 13.9 Å². The van der Waals surface area contributed by atoms with Gasteiger partial charge >= 0.3 is 5.97 Å². The van der Waals surface area contributed by atoms with E-state index in [4.69, 9.17) is 33.2 Å². The fraction of sp³-hybridized carbons (Fsp3) is 0.222. The number of carbonyl (C=O) groups excluding carboxylic acids is 1. The van der Waals surface area contributed by atoms with Gasteiger partial charge in [-0.15, -0.1) is 5.11 Å². The molecule has 27 heavy (non-hydrogen) atoms. The average Bonchev–Trinajstić information content (AvgIpc) is 2.66. The number of ether oxygens (including phenoxy) is 1. The molecule has 2 aromatic rings. The normalized spacial score (nSPS) is 10.6. The molecule has 0 radical (unpaired) electrons. The number of halogens is 3. The molecule has 0 aromatic heterocycles. The third kappa shape index (κ3) is 6.20. The SMILES string of the molecule is CN(CCC(=O)OCC#N)c1ccc(N=Nc2cc(Cl)c(F)cc2Cl)cc1. The molecule has 0 N–H and O–H groups in total. The maximum absolute atomic E-state index is 13.3. The molecule has 0 aliphatic heterocycles. The molecule has 0 spiro atoms. The first-order chi connectivity index (χ1) is 12.9. The smallest absolute Gasteiger partial charge is 0.308 e. The number of benzene rings is 2. The zero-order valence-electron chi connectivity index (χ0n) is 14.3. The molecule has 2 aromatic carbocycles. The first-order valence-corrected chi connectivity index (χ1v) is 8.56. The number of anilines is 1. The molecule has 2 rings (SSSR count). The minimum absolute atomic E-state index is 0.0846. The first kappa shape index (κ1) is 20.6.